The first kappa shape index (κ1) is 14.5. The zero-order valence-corrected chi connectivity index (χ0v) is 11.8. The molecule has 0 spiro atoms. The highest BCUT2D eigenvalue weighted by Crippen LogP contribution is 2.26. The normalized spacial score (nSPS) is 25.6. The van der Waals surface area contributed by atoms with Gasteiger partial charge in [-0.2, -0.15) is 0 Å². The Labute approximate surface area is 106 Å². The summed E-state index contributed by atoms with van der Waals surface area (Å²) in [6.45, 7) is 8.92. The molecule has 0 heterocycles. The molecule has 3 nitrogen and oxygen atoms in total. The molecule has 0 aromatic heterocycles. The smallest absolute Gasteiger partial charge is 0.234 e. The summed E-state index contributed by atoms with van der Waals surface area (Å²) in [5.41, 5.74) is 0.0111. The van der Waals surface area contributed by atoms with Crippen molar-refractivity contribution in [2.75, 3.05) is 6.54 Å². The number of carbonyl (C=O) groups excluding carboxylic acids is 1. The highest BCUT2D eigenvalue weighted by Gasteiger charge is 2.21. The van der Waals surface area contributed by atoms with Crippen molar-refractivity contribution in [3.05, 3.63) is 0 Å². The number of hydrogen-bond donors (Lipinski definition) is 2. The van der Waals surface area contributed by atoms with Crippen molar-refractivity contribution in [2.45, 2.75) is 71.4 Å². The SMILES string of the molecule is CCC1CCC(NC(=O)CNC(C)(C)C)CC1. The third kappa shape index (κ3) is 6.06. The Hall–Kier alpha value is -0.570. The second-order valence-electron chi connectivity index (χ2n) is 6.30. The van der Waals surface area contributed by atoms with Gasteiger partial charge in [-0.05, 0) is 52.4 Å². The van der Waals surface area contributed by atoms with Crippen LogP contribution in [0.2, 0.25) is 0 Å². The van der Waals surface area contributed by atoms with Gasteiger partial charge in [0.25, 0.3) is 0 Å². The molecule has 0 aliphatic heterocycles. The van der Waals surface area contributed by atoms with Gasteiger partial charge in [0.05, 0.1) is 6.54 Å². The predicted octanol–water partition coefficient (Wildman–Crippen LogP) is 2.46. The fraction of sp³-hybridized carbons (Fsp3) is 0.929. The van der Waals surface area contributed by atoms with Crippen molar-refractivity contribution in [3.63, 3.8) is 0 Å². The summed E-state index contributed by atoms with van der Waals surface area (Å²) >= 11 is 0. The largest absolute Gasteiger partial charge is 0.352 e. The summed E-state index contributed by atoms with van der Waals surface area (Å²) in [6.07, 6.45) is 6.13. The lowest BCUT2D eigenvalue weighted by Gasteiger charge is -2.29. The summed E-state index contributed by atoms with van der Waals surface area (Å²) in [4.78, 5) is 11.7. The van der Waals surface area contributed by atoms with Crippen LogP contribution in [0.3, 0.4) is 0 Å². The summed E-state index contributed by atoms with van der Waals surface area (Å²) in [6, 6.07) is 0.409. The summed E-state index contributed by atoms with van der Waals surface area (Å²) in [5, 5.41) is 6.35. The first-order valence-corrected chi connectivity index (χ1v) is 6.95. The number of carbonyl (C=O) groups is 1. The average Bonchev–Trinajstić information content (AvgIpc) is 2.27. The minimum atomic E-state index is 0.0111. The van der Waals surface area contributed by atoms with Crippen molar-refractivity contribution in [2.24, 2.45) is 5.92 Å². The van der Waals surface area contributed by atoms with Gasteiger partial charge in [-0.15, -0.1) is 0 Å². The van der Waals surface area contributed by atoms with Crippen molar-refractivity contribution < 1.29 is 4.79 Å². The molecule has 0 aromatic carbocycles. The van der Waals surface area contributed by atoms with E-state index in [0.29, 0.717) is 12.6 Å². The molecule has 0 unspecified atom stereocenters. The Bertz CT molecular complexity index is 237. The van der Waals surface area contributed by atoms with Crippen LogP contribution < -0.4 is 10.6 Å². The van der Waals surface area contributed by atoms with Crippen LogP contribution in [-0.2, 0) is 4.79 Å². The molecule has 0 aromatic rings. The van der Waals surface area contributed by atoms with Crippen molar-refractivity contribution >= 4 is 5.91 Å². The van der Waals surface area contributed by atoms with Crippen LogP contribution in [-0.4, -0.2) is 24.0 Å². The molecule has 1 aliphatic rings. The van der Waals surface area contributed by atoms with Gasteiger partial charge in [0.2, 0.25) is 5.91 Å². The monoisotopic (exact) mass is 240 g/mol. The molecule has 17 heavy (non-hydrogen) atoms. The van der Waals surface area contributed by atoms with Gasteiger partial charge in [-0.1, -0.05) is 13.3 Å². The molecule has 1 saturated carbocycles. The van der Waals surface area contributed by atoms with Gasteiger partial charge in [-0.25, -0.2) is 0 Å². The molecule has 3 heteroatoms. The van der Waals surface area contributed by atoms with E-state index in [1.807, 2.05) is 0 Å². The van der Waals surface area contributed by atoms with Crippen molar-refractivity contribution in [1.29, 1.82) is 0 Å². The molecule has 1 amide bonds. The molecule has 0 radical (unpaired) electrons. The van der Waals surface area contributed by atoms with E-state index in [0.717, 1.165) is 18.8 Å². The van der Waals surface area contributed by atoms with E-state index in [4.69, 9.17) is 0 Å². The third-order valence-electron chi connectivity index (χ3n) is 3.57. The van der Waals surface area contributed by atoms with Gasteiger partial charge in [0, 0.05) is 11.6 Å². The van der Waals surface area contributed by atoms with Crippen LogP contribution in [0.15, 0.2) is 0 Å². The number of amides is 1. The minimum Gasteiger partial charge on any atom is -0.352 e. The Morgan fingerprint density at radius 3 is 2.24 bits per heavy atom. The Morgan fingerprint density at radius 2 is 1.76 bits per heavy atom. The quantitative estimate of drug-likeness (QED) is 0.792. The summed E-state index contributed by atoms with van der Waals surface area (Å²) < 4.78 is 0. The van der Waals surface area contributed by atoms with Crippen molar-refractivity contribution in [1.82, 2.24) is 10.6 Å². The number of hydrogen-bond acceptors (Lipinski definition) is 2. The second-order valence-corrected chi connectivity index (χ2v) is 6.30. The van der Waals surface area contributed by atoms with Gasteiger partial charge >= 0.3 is 0 Å². The Kier molecular flexibility index (Phi) is 5.44. The van der Waals surface area contributed by atoms with E-state index in [9.17, 15) is 4.79 Å². The first-order valence-electron chi connectivity index (χ1n) is 6.95. The lowest BCUT2D eigenvalue weighted by Crippen LogP contribution is -2.46. The summed E-state index contributed by atoms with van der Waals surface area (Å²) in [7, 11) is 0. The number of nitrogens with one attached hydrogen (secondary N) is 2. The highest BCUT2D eigenvalue weighted by atomic mass is 16.2. The van der Waals surface area contributed by atoms with Crippen molar-refractivity contribution in [3.8, 4) is 0 Å². The van der Waals surface area contributed by atoms with E-state index in [-0.39, 0.29) is 11.4 Å². The maximum atomic E-state index is 11.7. The zero-order chi connectivity index (χ0) is 12.9. The molecule has 0 atom stereocenters. The lowest BCUT2D eigenvalue weighted by molar-refractivity contribution is -0.121. The zero-order valence-electron chi connectivity index (χ0n) is 11.8. The molecule has 2 N–H and O–H groups in total. The van der Waals surface area contributed by atoms with Crippen LogP contribution in [0, 0.1) is 5.92 Å². The Morgan fingerprint density at radius 1 is 1.18 bits per heavy atom. The molecule has 0 saturated heterocycles. The van der Waals surface area contributed by atoms with Gasteiger partial charge in [0.15, 0.2) is 0 Å². The van der Waals surface area contributed by atoms with E-state index in [2.05, 4.69) is 38.3 Å². The predicted molar refractivity (Wildman–Crippen MR) is 71.9 cm³/mol. The molecule has 1 fully saturated rings. The average molecular weight is 240 g/mol. The Balaban J connectivity index is 2.19. The van der Waals surface area contributed by atoms with Gasteiger partial charge < -0.3 is 10.6 Å². The first-order chi connectivity index (χ1) is 7.90. The lowest BCUT2D eigenvalue weighted by atomic mass is 9.84. The fourth-order valence-electron chi connectivity index (χ4n) is 2.34. The molecule has 100 valence electrons. The molecular weight excluding hydrogens is 212 g/mol. The molecule has 0 bridgehead atoms. The molecule has 1 aliphatic carbocycles. The maximum absolute atomic E-state index is 11.7. The van der Waals surface area contributed by atoms with E-state index < -0.39 is 0 Å². The van der Waals surface area contributed by atoms with Crippen LogP contribution in [0.5, 0.6) is 0 Å². The van der Waals surface area contributed by atoms with Crippen LogP contribution in [0.4, 0.5) is 0 Å². The fourth-order valence-corrected chi connectivity index (χ4v) is 2.34. The van der Waals surface area contributed by atoms with E-state index >= 15 is 0 Å². The highest BCUT2D eigenvalue weighted by molar-refractivity contribution is 5.78. The number of rotatable bonds is 4. The van der Waals surface area contributed by atoms with Crippen LogP contribution >= 0.6 is 0 Å². The standard InChI is InChI=1S/C14H28N2O/c1-5-11-6-8-12(9-7-11)16-13(17)10-15-14(2,3)4/h11-12,15H,5-10H2,1-4H3,(H,16,17). The third-order valence-corrected chi connectivity index (χ3v) is 3.57. The van der Waals surface area contributed by atoms with Crippen LogP contribution in [0.1, 0.15) is 59.8 Å². The topological polar surface area (TPSA) is 41.1 Å². The molecule has 1 rings (SSSR count). The maximum Gasteiger partial charge on any atom is 0.234 e. The van der Waals surface area contributed by atoms with Crippen LogP contribution in [0.25, 0.3) is 0 Å². The summed E-state index contributed by atoms with van der Waals surface area (Å²) in [5.74, 6) is 1.02. The van der Waals surface area contributed by atoms with E-state index in [1.54, 1.807) is 0 Å². The van der Waals surface area contributed by atoms with E-state index in [1.165, 1.54) is 19.3 Å². The van der Waals surface area contributed by atoms with Gasteiger partial charge in [0.1, 0.15) is 0 Å². The minimum absolute atomic E-state index is 0.0111. The second kappa shape index (κ2) is 6.39. The van der Waals surface area contributed by atoms with Gasteiger partial charge in [-0.3, -0.25) is 4.79 Å². The molecular formula is C14H28N2O.